The van der Waals surface area contributed by atoms with Crippen LogP contribution in [0.15, 0.2) is 60.0 Å². The molecule has 3 aromatic rings. The van der Waals surface area contributed by atoms with Crippen LogP contribution in [0.2, 0.25) is 5.02 Å². The van der Waals surface area contributed by atoms with Crippen molar-refractivity contribution < 1.29 is 13.9 Å². The van der Waals surface area contributed by atoms with Gasteiger partial charge >= 0.3 is 0 Å². The number of methoxy groups -OCH3 is 1. The molecule has 1 aromatic heterocycles. The average molecular weight is 406 g/mol. The molecule has 0 saturated heterocycles. The third kappa shape index (κ3) is 4.61. The number of benzene rings is 2. The van der Waals surface area contributed by atoms with Crippen molar-refractivity contribution in [1.82, 2.24) is 9.55 Å². The molecule has 1 unspecified atom stereocenters. The SMILES string of the molecule is COc1ccc(-n2ccnc2SC(C)C(=O)Nc2ccc(F)cc2Cl)cc1. The Labute approximate surface area is 165 Å². The van der Waals surface area contributed by atoms with E-state index < -0.39 is 11.1 Å². The first kappa shape index (κ1) is 19.3. The Morgan fingerprint density at radius 2 is 2.04 bits per heavy atom. The van der Waals surface area contributed by atoms with Crippen LogP contribution in [0.5, 0.6) is 5.75 Å². The van der Waals surface area contributed by atoms with Gasteiger partial charge in [-0.15, -0.1) is 0 Å². The minimum absolute atomic E-state index is 0.153. The highest BCUT2D eigenvalue weighted by Gasteiger charge is 2.19. The van der Waals surface area contributed by atoms with Gasteiger partial charge in [0.05, 0.1) is 23.1 Å². The molecule has 1 atom stereocenters. The fraction of sp³-hybridized carbons (Fsp3) is 0.158. The Hall–Kier alpha value is -2.51. The highest BCUT2D eigenvalue weighted by Crippen LogP contribution is 2.28. The number of anilines is 1. The summed E-state index contributed by atoms with van der Waals surface area (Å²) >= 11 is 7.27. The second kappa shape index (κ2) is 8.45. The molecule has 8 heteroatoms. The third-order valence-corrected chi connectivity index (χ3v) is 5.19. The lowest BCUT2D eigenvalue weighted by molar-refractivity contribution is -0.115. The van der Waals surface area contributed by atoms with Crippen LogP contribution in [-0.4, -0.2) is 27.8 Å². The number of thioether (sulfide) groups is 1. The minimum Gasteiger partial charge on any atom is -0.497 e. The standard InChI is InChI=1S/C19H17ClFN3O2S/c1-12(18(25)23-17-8-3-13(21)11-16(17)20)27-19-22-9-10-24(19)14-4-6-15(26-2)7-5-14/h3-12H,1-2H3,(H,23,25). The van der Waals surface area contributed by atoms with Crippen LogP contribution in [0, 0.1) is 5.82 Å². The van der Waals surface area contributed by atoms with E-state index in [0.717, 1.165) is 17.5 Å². The molecule has 27 heavy (non-hydrogen) atoms. The first-order chi connectivity index (χ1) is 13.0. The first-order valence-corrected chi connectivity index (χ1v) is 9.34. The molecule has 5 nitrogen and oxygen atoms in total. The van der Waals surface area contributed by atoms with Crippen LogP contribution in [0.3, 0.4) is 0 Å². The molecule has 0 aliphatic carbocycles. The maximum Gasteiger partial charge on any atom is 0.237 e. The topological polar surface area (TPSA) is 56.2 Å². The van der Waals surface area contributed by atoms with Crippen molar-refractivity contribution in [3.05, 3.63) is 65.7 Å². The van der Waals surface area contributed by atoms with E-state index in [1.54, 1.807) is 20.2 Å². The molecular formula is C19H17ClFN3O2S. The fourth-order valence-corrected chi connectivity index (χ4v) is 3.45. The Morgan fingerprint density at radius 3 is 2.70 bits per heavy atom. The highest BCUT2D eigenvalue weighted by atomic mass is 35.5. The molecule has 3 rings (SSSR count). The predicted octanol–water partition coefficient (Wildman–Crippen LogP) is 4.79. The van der Waals surface area contributed by atoms with Gasteiger partial charge in [-0.1, -0.05) is 23.4 Å². The molecule has 0 aliphatic heterocycles. The lowest BCUT2D eigenvalue weighted by atomic mass is 10.3. The number of rotatable bonds is 6. The number of hydrogen-bond acceptors (Lipinski definition) is 4. The number of carbonyl (C=O) groups excluding carboxylic acids is 1. The van der Waals surface area contributed by atoms with Crippen LogP contribution >= 0.6 is 23.4 Å². The number of nitrogens with one attached hydrogen (secondary N) is 1. The van der Waals surface area contributed by atoms with E-state index in [9.17, 15) is 9.18 Å². The number of imidazole rings is 1. The first-order valence-electron chi connectivity index (χ1n) is 8.08. The second-order valence-corrected chi connectivity index (χ2v) is 7.37. The van der Waals surface area contributed by atoms with Crippen molar-refractivity contribution >= 4 is 35.0 Å². The number of amides is 1. The monoisotopic (exact) mass is 405 g/mol. The number of carbonyl (C=O) groups is 1. The number of hydrogen-bond donors (Lipinski definition) is 1. The van der Waals surface area contributed by atoms with E-state index in [4.69, 9.17) is 16.3 Å². The fourth-order valence-electron chi connectivity index (χ4n) is 2.35. The molecule has 1 amide bonds. The van der Waals surface area contributed by atoms with Crippen molar-refractivity contribution in [1.29, 1.82) is 0 Å². The summed E-state index contributed by atoms with van der Waals surface area (Å²) in [6, 6.07) is 11.4. The van der Waals surface area contributed by atoms with Gasteiger partial charge in [0.15, 0.2) is 5.16 Å². The Morgan fingerprint density at radius 1 is 1.30 bits per heavy atom. The summed E-state index contributed by atoms with van der Waals surface area (Å²) in [6.07, 6.45) is 3.50. The minimum atomic E-state index is -0.457. The summed E-state index contributed by atoms with van der Waals surface area (Å²) in [5.74, 6) is 0.0525. The molecule has 1 heterocycles. The highest BCUT2D eigenvalue weighted by molar-refractivity contribution is 8.00. The van der Waals surface area contributed by atoms with Crippen molar-refractivity contribution in [3.8, 4) is 11.4 Å². The van der Waals surface area contributed by atoms with Gasteiger partial charge < -0.3 is 10.1 Å². The van der Waals surface area contributed by atoms with Crippen LogP contribution < -0.4 is 10.1 Å². The molecule has 0 saturated carbocycles. The summed E-state index contributed by atoms with van der Waals surface area (Å²) in [5, 5.41) is 3.10. The maximum absolute atomic E-state index is 13.1. The van der Waals surface area contributed by atoms with Crippen LogP contribution in [0.25, 0.3) is 5.69 Å². The average Bonchev–Trinajstić information content (AvgIpc) is 3.12. The molecule has 140 valence electrons. The van der Waals surface area contributed by atoms with Crippen LogP contribution in [0.1, 0.15) is 6.92 Å². The van der Waals surface area contributed by atoms with Gasteiger partial charge in [0.2, 0.25) is 5.91 Å². The van der Waals surface area contributed by atoms with Crippen molar-refractivity contribution in [2.75, 3.05) is 12.4 Å². The van der Waals surface area contributed by atoms with E-state index >= 15 is 0 Å². The zero-order chi connectivity index (χ0) is 19.4. The summed E-state index contributed by atoms with van der Waals surface area (Å²) in [6.45, 7) is 1.77. The predicted molar refractivity (Wildman–Crippen MR) is 105 cm³/mol. The summed E-state index contributed by atoms with van der Waals surface area (Å²) in [4.78, 5) is 16.8. The summed E-state index contributed by atoms with van der Waals surface area (Å²) in [5.41, 5.74) is 1.28. The molecule has 1 N–H and O–H groups in total. The van der Waals surface area contributed by atoms with E-state index in [1.807, 2.05) is 35.0 Å². The largest absolute Gasteiger partial charge is 0.497 e. The molecule has 0 bridgehead atoms. The van der Waals surface area contributed by atoms with E-state index in [1.165, 1.54) is 23.9 Å². The van der Waals surface area contributed by atoms with E-state index in [0.29, 0.717) is 10.8 Å². The second-order valence-electron chi connectivity index (χ2n) is 5.65. The van der Waals surface area contributed by atoms with Gasteiger partial charge in [-0.3, -0.25) is 9.36 Å². The summed E-state index contributed by atoms with van der Waals surface area (Å²) < 4.78 is 20.2. The zero-order valence-electron chi connectivity index (χ0n) is 14.6. The summed E-state index contributed by atoms with van der Waals surface area (Å²) in [7, 11) is 1.61. The molecule has 2 aromatic carbocycles. The lowest BCUT2D eigenvalue weighted by Crippen LogP contribution is -2.23. The van der Waals surface area contributed by atoms with Gasteiger partial charge in [-0.2, -0.15) is 0 Å². The lowest BCUT2D eigenvalue weighted by Gasteiger charge is -2.14. The molecule has 0 fully saturated rings. The molecule has 0 spiro atoms. The Balaban J connectivity index is 1.71. The molecule has 0 aliphatic rings. The third-order valence-electron chi connectivity index (χ3n) is 3.80. The van der Waals surface area contributed by atoms with E-state index in [-0.39, 0.29) is 10.9 Å². The quantitative estimate of drug-likeness (QED) is 0.599. The molecular weight excluding hydrogens is 389 g/mol. The van der Waals surface area contributed by atoms with Crippen molar-refractivity contribution in [2.45, 2.75) is 17.3 Å². The van der Waals surface area contributed by atoms with Gasteiger partial charge in [-0.05, 0) is 49.4 Å². The van der Waals surface area contributed by atoms with Crippen molar-refractivity contribution in [3.63, 3.8) is 0 Å². The van der Waals surface area contributed by atoms with Crippen molar-refractivity contribution in [2.24, 2.45) is 0 Å². The Bertz CT molecular complexity index is 946. The smallest absolute Gasteiger partial charge is 0.237 e. The zero-order valence-corrected chi connectivity index (χ0v) is 16.2. The number of ether oxygens (including phenoxy) is 1. The number of nitrogens with zero attached hydrogens (tertiary/aromatic N) is 2. The normalized spacial score (nSPS) is 11.9. The van der Waals surface area contributed by atoms with E-state index in [2.05, 4.69) is 10.3 Å². The van der Waals surface area contributed by atoms with Gasteiger partial charge in [-0.25, -0.2) is 9.37 Å². The Kier molecular flexibility index (Phi) is 6.03. The van der Waals surface area contributed by atoms with Gasteiger partial charge in [0.25, 0.3) is 0 Å². The van der Waals surface area contributed by atoms with Gasteiger partial charge in [0.1, 0.15) is 11.6 Å². The van der Waals surface area contributed by atoms with Crippen LogP contribution in [0.4, 0.5) is 10.1 Å². The number of aromatic nitrogens is 2. The maximum atomic E-state index is 13.1. The number of halogens is 2. The van der Waals surface area contributed by atoms with Gasteiger partial charge in [0, 0.05) is 18.1 Å². The molecule has 0 radical (unpaired) electrons. The van der Waals surface area contributed by atoms with Crippen LogP contribution in [-0.2, 0) is 4.79 Å².